The van der Waals surface area contributed by atoms with Crippen LogP contribution in [0.15, 0.2) is 24.3 Å². The van der Waals surface area contributed by atoms with E-state index in [1.54, 1.807) is 36.2 Å². The lowest BCUT2D eigenvalue weighted by atomic mass is 10.2. The van der Waals surface area contributed by atoms with Crippen LogP contribution < -0.4 is 4.90 Å². The van der Waals surface area contributed by atoms with Gasteiger partial charge in [0, 0.05) is 23.8 Å². The Kier molecular flexibility index (Phi) is 4.73. The highest BCUT2D eigenvalue weighted by molar-refractivity contribution is 6.30. The van der Waals surface area contributed by atoms with Gasteiger partial charge in [-0.1, -0.05) is 11.6 Å². The number of rotatable bonds is 5. The molecule has 0 radical (unpaired) electrons. The first-order valence-electron chi connectivity index (χ1n) is 6.92. The van der Waals surface area contributed by atoms with Crippen molar-refractivity contribution in [1.82, 2.24) is 4.90 Å². The predicted molar refractivity (Wildman–Crippen MR) is 81.8 cm³/mol. The summed E-state index contributed by atoms with van der Waals surface area (Å²) < 4.78 is 0. The summed E-state index contributed by atoms with van der Waals surface area (Å²) in [5.74, 6) is -0.526. The number of carboxylic acid groups (broad SMARTS) is 1. The number of anilines is 1. The molecule has 6 heteroatoms. The first kappa shape index (κ1) is 15.6. The minimum absolute atomic E-state index is 0.112. The lowest BCUT2D eigenvalue weighted by Crippen LogP contribution is -2.47. The van der Waals surface area contributed by atoms with E-state index in [0.717, 1.165) is 12.8 Å². The average molecular weight is 311 g/mol. The molecule has 1 N–H and O–H groups in total. The Bertz CT molecular complexity index is 528. The molecular weight excluding hydrogens is 292 g/mol. The molecule has 5 nitrogen and oxygen atoms in total. The lowest BCUT2D eigenvalue weighted by Gasteiger charge is -2.31. The Morgan fingerprint density at radius 1 is 1.33 bits per heavy atom. The number of carbonyl (C=O) groups excluding carboxylic acids is 1. The second-order valence-corrected chi connectivity index (χ2v) is 5.86. The number of hydrogen-bond donors (Lipinski definition) is 1. The third-order valence-corrected chi connectivity index (χ3v) is 4.13. The number of hydrogen-bond acceptors (Lipinski definition) is 2. The van der Waals surface area contributed by atoms with Crippen molar-refractivity contribution in [3.63, 3.8) is 0 Å². The third kappa shape index (κ3) is 3.88. The maximum absolute atomic E-state index is 12.6. The highest BCUT2D eigenvalue weighted by Gasteiger charge is 2.34. The van der Waals surface area contributed by atoms with Gasteiger partial charge >= 0.3 is 12.0 Å². The van der Waals surface area contributed by atoms with E-state index in [2.05, 4.69) is 0 Å². The Morgan fingerprint density at radius 2 is 1.90 bits per heavy atom. The first-order chi connectivity index (χ1) is 9.90. The van der Waals surface area contributed by atoms with Crippen molar-refractivity contribution in [3.05, 3.63) is 29.3 Å². The minimum atomic E-state index is -1.05. The van der Waals surface area contributed by atoms with Gasteiger partial charge in [0.2, 0.25) is 0 Å². The molecule has 0 spiro atoms. The van der Waals surface area contributed by atoms with Crippen molar-refractivity contribution in [2.45, 2.75) is 25.8 Å². The zero-order chi connectivity index (χ0) is 15.6. The molecule has 1 atom stereocenters. The third-order valence-electron chi connectivity index (χ3n) is 3.88. The fourth-order valence-electron chi connectivity index (χ4n) is 2.29. The number of halogens is 1. The van der Waals surface area contributed by atoms with E-state index in [9.17, 15) is 9.59 Å². The molecule has 1 aliphatic rings. The highest BCUT2D eigenvalue weighted by atomic mass is 35.5. The Balaban J connectivity index is 2.19. The molecule has 114 valence electrons. The number of amides is 2. The van der Waals surface area contributed by atoms with Crippen LogP contribution in [0, 0.1) is 5.92 Å². The van der Waals surface area contributed by atoms with Crippen LogP contribution in [0.5, 0.6) is 0 Å². The van der Waals surface area contributed by atoms with Gasteiger partial charge in [0.05, 0.1) is 0 Å². The van der Waals surface area contributed by atoms with Gasteiger partial charge in [-0.15, -0.1) is 0 Å². The van der Waals surface area contributed by atoms with Crippen molar-refractivity contribution in [2.24, 2.45) is 5.92 Å². The summed E-state index contributed by atoms with van der Waals surface area (Å²) in [5.41, 5.74) is 0.529. The summed E-state index contributed by atoms with van der Waals surface area (Å²) >= 11 is 5.83. The SMILES string of the molecule is CC(C1CC1)N(C)C(=O)N(CC(=O)O)c1ccc(Cl)cc1. The average Bonchev–Trinajstić information content (AvgIpc) is 3.28. The number of carboxylic acids is 1. The molecule has 0 heterocycles. The Labute approximate surface area is 129 Å². The van der Waals surface area contributed by atoms with Crippen LogP contribution in [0.2, 0.25) is 5.02 Å². The van der Waals surface area contributed by atoms with Crippen LogP contribution in [0.25, 0.3) is 0 Å². The largest absolute Gasteiger partial charge is 0.480 e. The maximum Gasteiger partial charge on any atom is 0.325 e. The van der Waals surface area contributed by atoms with Gasteiger partial charge in [-0.3, -0.25) is 9.69 Å². The van der Waals surface area contributed by atoms with Gasteiger partial charge in [-0.2, -0.15) is 0 Å². The van der Waals surface area contributed by atoms with Crippen LogP contribution in [0.3, 0.4) is 0 Å². The quantitative estimate of drug-likeness (QED) is 0.909. The van der Waals surface area contributed by atoms with E-state index < -0.39 is 5.97 Å². The molecule has 2 rings (SSSR count). The molecule has 2 amide bonds. The van der Waals surface area contributed by atoms with E-state index in [1.807, 2.05) is 6.92 Å². The number of benzene rings is 1. The molecule has 21 heavy (non-hydrogen) atoms. The topological polar surface area (TPSA) is 60.9 Å². The molecule has 1 aromatic rings. The fraction of sp³-hybridized carbons (Fsp3) is 0.467. The monoisotopic (exact) mass is 310 g/mol. The summed E-state index contributed by atoms with van der Waals surface area (Å²) in [6.45, 7) is 1.62. The molecule has 1 aromatic carbocycles. The second kappa shape index (κ2) is 6.35. The van der Waals surface area contributed by atoms with Gasteiger partial charge in [-0.05, 0) is 49.9 Å². The van der Waals surface area contributed by atoms with E-state index in [-0.39, 0.29) is 18.6 Å². The molecule has 0 saturated heterocycles. The standard InChI is InChI=1S/C15H19ClN2O3/c1-10(11-3-4-11)17(2)15(21)18(9-14(19)20)13-7-5-12(16)6-8-13/h5-8,10-11H,3-4,9H2,1-2H3,(H,19,20). The molecule has 0 bridgehead atoms. The number of carbonyl (C=O) groups is 2. The smallest absolute Gasteiger partial charge is 0.325 e. The van der Waals surface area contributed by atoms with E-state index >= 15 is 0 Å². The van der Waals surface area contributed by atoms with Crippen LogP contribution in [-0.4, -0.2) is 41.6 Å². The molecule has 1 fully saturated rings. The zero-order valence-electron chi connectivity index (χ0n) is 12.1. The summed E-state index contributed by atoms with van der Waals surface area (Å²) in [4.78, 5) is 26.5. The molecule has 1 unspecified atom stereocenters. The van der Waals surface area contributed by atoms with Crippen LogP contribution in [0.1, 0.15) is 19.8 Å². The van der Waals surface area contributed by atoms with Crippen LogP contribution >= 0.6 is 11.6 Å². The van der Waals surface area contributed by atoms with Crippen LogP contribution in [-0.2, 0) is 4.79 Å². The van der Waals surface area contributed by atoms with Gasteiger partial charge in [-0.25, -0.2) is 4.79 Å². The summed E-state index contributed by atoms with van der Waals surface area (Å²) in [7, 11) is 1.72. The van der Waals surface area contributed by atoms with Gasteiger partial charge < -0.3 is 10.0 Å². The zero-order valence-corrected chi connectivity index (χ0v) is 12.9. The number of urea groups is 1. The Morgan fingerprint density at radius 3 is 2.38 bits per heavy atom. The van der Waals surface area contributed by atoms with Crippen molar-refractivity contribution < 1.29 is 14.7 Å². The van der Waals surface area contributed by atoms with Crippen molar-refractivity contribution in [2.75, 3.05) is 18.5 Å². The summed E-state index contributed by atoms with van der Waals surface area (Å²) in [6.07, 6.45) is 2.25. The fourth-order valence-corrected chi connectivity index (χ4v) is 2.41. The minimum Gasteiger partial charge on any atom is -0.480 e. The molecule has 1 saturated carbocycles. The number of nitrogens with zero attached hydrogens (tertiary/aromatic N) is 2. The van der Waals surface area contributed by atoms with E-state index in [0.29, 0.717) is 16.6 Å². The molecule has 1 aliphatic carbocycles. The van der Waals surface area contributed by atoms with E-state index in [4.69, 9.17) is 16.7 Å². The van der Waals surface area contributed by atoms with Gasteiger partial charge in [0.1, 0.15) is 6.54 Å². The maximum atomic E-state index is 12.6. The molecule has 0 aliphatic heterocycles. The summed E-state index contributed by atoms with van der Waals surface area (Å²) in [5, 5.41) is 9.59. The Hall–Kier alpha value is -1.75. The highest BCUT2D eigenvalue weighted by Crippen LogP contribution is 2.35. The van der Waals surface area contributed by atoms with Crippen molar-refractivity contribution >= 4 is 29.3 Å². The second-order valence-electron chi connectivity index (χ2n) is 5.43. The predicted octanol–water partition coefficient (Wildman–Crippen LogP) is 3.08. The van der Waals surface area contributed by atoms with Gasteiger partial charge in [0.25, 0.3) is 0 Å². The molecule has 0 aromatic heterocycles. The molecular formula is C15H19ClN2O3. The van der Waals surface area contributed by atoms with Crippen molar-refractivity contribution in [3.8, 4) is 0 Å². The normalized spacial score (nSPS) is 15.4. The summed E-state index contributed by atoms with van der Waals surface area (Å²) in [6, 6.07) is 6.39. The number of aliphatic carboxylic acids is 1. The van der Waals surface area contributed by atoms with E-state index in [1.165, 1.54) is 4.90 Å². The lowest BCUT2D eigenvalue weighted by molar-refractivity contribution is -0.135. The van der Waals surface area contributed by atoms with Gasteiger partial charge in [0.15, 0.2) is 0 Å². The van der Waals surface area contributed by atoms with Crippen molar-refractivity contribution in [1.29, 1.82) is 0 Å². The van der Waals surface area contributed by atoms with Crippen LogP contribution in [0.4, 0.5) is 10.5 Å². The first-order valence-corrected chi connectivity index (χ1v) is 7.29.